The van der Waals surface area contributed by atoms with Gasteiger partial charge in [-0.2, -0.15) is 0 Å². The number of hydrogen-bond acceptors (Lipinski definition) is 3. The van der Waals surface area contributed by atoms with Gasteiger partial charge in [0.05, 0.1) is 19.5 Å². The van der Waals surface area contributed by atoms with E-state index in [2.05, 4.69) is 4.98 Å². The van der Waals surface area contributed by atoms with Gasteiger partial charge in [-0.15, -0.1) is 0 Å². The van der Waals surface area contributed by atoms with E-state index in [9.17, 15) is 0 Å². The molecule has 1 fully saturated rings. The summed E-state index contributed by atoms with van der Waals surface area (Å²) in [6.45, 7) is 1.34. The summed E-state index contributed by atoms with van der Waals surface area (Å²) >= 11 is 0. The van der Waals surface area contributed by atoms with Crippen LogP contribution in [0.15, 0.2) is 18.7 Å². The molecule has 1 aliphatic heterocycles. The first-order valence-corrected chi connectivity index (χ1v) is 3.17. The summed E-state index contributed by atoms with van der Waals surface area (Å²) in [6.07, 6.45) is 4.94. The molecule has 0 amide bonds. The highest BCUT2D eigenvalue weighted by atomic mass is 16.7. The Morgan fingerprint density at radius 1 is 1.40 bits per heavy atom. The second-order valence-corrected chi connectivity index (χ2v) is 2.06. The molecule has 0 atom stereocenters. The Balaban J connectivity index is 2.12. The molecule has 0 N–H and O–H groups in total. The van der Waals surface area contributed by atoms with Crippen molar-refractivity contribution < 1.29 is 9.47 Å². The molecule has 0 unspecified atom stereocenters. The Morgan fingerprint density at radius 3 is 2.80 bits per heavy atom. The number of rotatable bonds is 1. The molecule has 0 bridgehead atoms. The molecule has 1 aromatic heterocycles. The molecule has 4 nitrogen and oxygen atoms in total. The summed E-state index contributed by atoms with van der Waals surface area (Å²) in [7, 11) is 0. The molecule has 54 valence electrons. The fourth-order valence-corrected chi connectivity index (χ4v) is 0.912. The molecule has 1 aromatic rings. The monoisotopic (exact) mass is 140 g/mol. The maximum atomic E-state index is 5.20. The van der Waals surface area contributed by atoms with Gasteiger partial charge in [0.15, 0.2) is 0 Å². The van der Waals surface area contributed by atoms with Crippen molar-refractivity contribution in [3.63, 3.8) is 0 Å². The summed E-state index contributed by atoms with van der Waals surface area (Å²) in [5.74, 6) is 0. The van der Waals surface area contributed by atoms with Crippen molar-refractivity contribution in [2.24, 2.45) is 0 Å². The van der Waals surface area contributed by atoms with Crippen LogP contribution in [0.2, 0.25) is 0 Å². The Morgan fingerprint density at radius 2 is 2.20 bits per heavy atom. The van der Waals surface area contributed by atoms with Gasteiger partial charge in [-0.25, -0.2) is 4.98 Å². The van der Waals surface area contributed by atoms with E-state index in [1.54, 1.807) is 17.1 Å². The largest absolute Gasteiger partial charge is 0.332 e. The van der Waals surface area contributed by atoms with E-state index in [-0.39, 0.29) is 6.41 Å². The van der Waals surface area contributed by atoms with Crippen LogP contribution in [0.4, 0.5) is 0 Å². The lowest BCUT2D eigenvalue weighted by molar-refractivity contribution is -0.101. The topological polar surface area (TPSA) is 36.3 Å². The average molecular weight is 140 g/mol. The fourth-order valence-electron chi connectivity index (χ4n) is 0.912. The van der Waals surface area contributed by atoms with E-state index in [1.807, 2.05) is 6.20 Å². The average Bonchev–Trinajstić information content (AvgIpc) is 2.59. The molecule has 1 aliphatic rings. The third kappa shape index (κ3) is 0.913. The van der Waals surface area contributed by atoms with Crippen molar-refractivity contribution >= 4 is 0 Å². The molecule has 4 heteroatoms. The lowest BCUT2D eigenvalue weighted by Crippen LogP contribution is -2.05. The van der Waals surface area contributed by atoms with Gasteiger partial charge in [0.25, 0.3) is 0 Å². The molecule has 0 saturated carbocycles. The minimum atomic E-state index is -0.248. The number of aromatic nitrogens is 2. The molecule has 2 rings (SSSR count). The summed E-state index contributed by atoms with van der Waals surface area (Å²) < 4.78 is 12.2. The highest BCUT2D eigenvalue weighted by molar-refractivity contribution is 4.75. The summed E-state index contributed by atoms with van der Waals surface area (Å²) in [5, 5.41) is 0. The van der Waals surface area contributed by atoms with Gasteiger partial charge < -0.3 is 9.47 Å². The quantitative estimate of drug-likeness (QED) is 0.566. The molecule has 1 saturated heterocycles. The van der Waals surface area contributed by atoms with Crippen molar-refractivity contribution in [2.45, 2.75) is 6.41 Å². The molecule has 0 spiro atoms. The second kappa shape index (κ2) is 2.40. The van der Waals surface area contributed by atoms with Crippen LogP contribution in [0.25, 0.3) is 0 Å². The minimum absolute atomic E-state index is 0.248. The summed E-state index contributed by atoms with van der Waals surface area (Å²) in [4.78, 5) is 3.87. The van der Waals surface area contributed by atoms with E-state index in [0.717, 1.165) is 0 Å². The molecule has 0 aromatic carbocycles. The van der Waals surface area contributed by atoms with Crippen LogP contribution in [-0.2, 0) is 9.47 Å². The van der Waals surface area contributed by atoms with Crippen LogP contribution in [-0.4, -0.2) is 22.8 Å². The Hall–Kier alpha value is -0.870. The number of ether oxygens (including phenoxy) is 2. The molecule has 0 aliphatic carbocycles. The lowest BCUT2D eigenvalue weighted by Gasteiger charge is -2.08. The third-order valence-electron chi connectivity index (χ3n) is 1.37. The lowest BCUT2D eigenvalue weighted by atomic mass is 10.8. The molecule has 0 radical (unpaired) electrons. The van der Waals surface area contributed by atoms with Gasteiger partial charge in [0.1, 0.15) is 0 Å². The Kier molecular flexibility index (Phi) is 1.41. The number of imidazole rings is 1. The fraction of sp³-hybridized carbons (Fsp3) is 0.500. The third-order valence-corrected chi connectivity index (χ3v) is 1.37. The van der Waals surface area contributed by atoms with Crippen LogP contribution in [0.3, 0.4) is 0 Å². The number of nitrogens with zero attached hydrogens (tertiary/aromatic N) is 2. The normalized spacial score (nSPS) is 20.0. The Bertz CT molecular complexity index is 192. The number of hydrogen-bond donors (Lipinski definition) is 0. The van der Waals surface area contributed by atoms with Crippen molar-refractivity contribution in [1.29, 1.82) is 0 Å². The van der Waals surface area contributed by atoms with Gasteiger partial charge >= 0.3 is 0 Å². The minimum Gasteiger partial charge on any atom is -0.332 e. The predicted octanol–water partition coefficient (Wildman–Crippen LogP) is 0.386. The SMILES string of the molecule is c1cn(C2OCCO2)cn1. The zero-order valence-electron chi connectivity index (χ0n) is 5.43. The van der Waals surface area contributed by atoms with E-state index < -0.39 is 0 Å². The maximum Gasteiger partial charge on any atom is 0.245 e. The highest BCUT2D eigenvalue weighted by Crippen LogP contribution is 2.14. The molecular formula is C6H8N2O2. The smallest absolute Gasteiger partial charge is 0.245 e. The predicted molar refractivity (Wildman–Crippen MR) is 33.2 cm³/mol. The second-order valence-electron chi connectivity index (χ2n) is 2.06. The van der Waals surface area contributed by atoms with Crippen molar-refractivity contribution in [2.75, 3.05) is 13.2 Å². The van der Waals surface area contributed by atoms with Crippen LogP contribution in [0.5, 0.6) is 0 Å². The van der Waals surface area contributed by atoms with Crippen molar-refractivity contribution in [1.82, 2.24) is 9.55 Å². The maximum absolute atomic E-state index is 5.20. The van der Waals surface area contributed by atoms with Crippen molar-refractivity contribution in [3.05, 3.63) is 18.7 Å². The zero-order chi connectivity index (χ0) is 6.81. The van der Waals surface area contributed by atoms with Gasteiger partial charge in [0, 0.05) is 12.4 Å². The zero-order valence-corrected chi connectivity index (χ0v) is 5.43. The molecule has 10 heavy (non-hydrogen) atoms. The first-order valence-electron chi connectivity index (χ1n) is 3.17. The summed E-state index contributed by atoms with van der Waals surface area (Å²) in [6, 6.07) is 0. The van der Waals surface area contributed by atoms with Crippen LogP contribution < -0.4 is 0 Å². The molecule has 2 heterocycles. The van der Waals surface area contributed by atoms with E-state index in [4.69, 9.17) is 9.47 Å². The van der Waals surface area contributed by atoms with E-state index in [0.29, 0.717) is 13.2 Å². The summed E-state index contributed by atoms with van der Waals surface area (Å²) in [5.41, 5.74) is 0. The van der Waals surface area contributed by atoms with Crippen LogP contribution in [0, 0.1) is 0 Å². The van der Waals surface area contributed by atoms with Crippen LogP contribution >= 0.6 is 0 Å². The van der Waals surface area contributed by atoms with E-state index in [1.165, 1.54) is 0 Å². The van der Waals surface area contributed by atoms with E-state index >= 15 is 0 Å². The van der Waals surface area contributed by atoms with Gasteiger partial charge in [-0.05, 0) is 0 Å². The highest BCUT2D eigenvalue weighted by Gasteiger charge is 2.16. The van der Waals surface area contributed by atoms with Crippen molar-refractivity contribution in [3.8, 4) is 0 Å². The van der Waals surface area contributed by atoms with Crippen LogP contribution in [0.1, 0.15) is 6.41 Å². The van der Waals surface area contributed by atoms with Gasteiger partial charge in [-0.3, -0.25) is 4.57 Å². The standard InChI is InChI=1S/C6H8N2O2/c1-2-8(5-7-1)6-9-3-4-10-6/h1-2,5-6H,3-4H2. The first-order chi connectivity index (χ1) is 4.97. The van der Waals surface area contributed by atoms with Gasteiger partial charge in [0.2, 0.25) is 6.41 Å². The van der Waals surface area contributed by atoms with Gasteiger partial charge in [-0.1, -0.05) is 0 Å². The first kappa shape index (κ1) is 5.88. The molecular weight excluding hydrogens is 132 g/mol. The Labute approximate surface area is 58.4 Å².